The molecule has 0 saturated carbocycles. The van der Waals surface area contributed by atoms with E-state index in [9.17, 15) is 8.42 Å². The number of benzene rings is 4. The maximum absolute atomic E-state index is 14.5. The summed E-state index contributed by atoms with van der Waals surface area (Å²) in [6.07, 6.45) is 0. The normalized spacial score (nSPS) is 12.9. The van der Waals surface area contributed by atoms with Gasteiger partial charge in [-0.05, 0) is 67.6 Å². The summed E-state index contributed by atoms with van der Waals surface area (Å²) in [5.74, 6) is 0. The number of anilines is 1. The summed E-state index contributed by atoms with van der Waals surface area (Å²) in [4.78, 5) is 0.199. The number of hydrogen-bond acceptors (Lipinski definition) is 3. The summed E-state index contributed by atoms with van der Waals surface area (Å²) in [7, 11) is -4.05. The minimum Gasteiger partial charge on any atom is -0.322 e. The molecule has 0 saturated heterocycles. The summed E-state index contributed by atoms with van der Waals surface area (Å²) in [5.41, 5.74) is 12.5. The second kappa shape index (κ2) is 11.9. The van der Waals surface area contributed by atoms with Gasteiger partial charge < -0.3 is 5.73 Å². The van der Waals surface area contributed by atoms with Crippen molar-refractivity contribution in [1.82, 2.24) is 0 Å². The second-order valence-electron chi connectivity index (χ2n) is 9.20. The number of sulfonamides is 1. The second-order valence-corrected chi connectivity index (χ2v) is 11.4. The van der Waals surface area contributed by atoms with Gasteiger partial charge in [-0.2, -0.15) is 0 Å². The monoisotopic (exact) mass is 620 g/mol. The Labute approximate surface area is 238 Å². The predicted octanol–water partition coefficient (Wildman–Crippen LogP) is 7.21. The van der Waals surface area contributed by atoms with E-state index in [1.165, 1.54) is 4.31 Å². The summed E-state index contributed by atoms with van der Waals surface area (Å²) in [6, 6.07) is 26.6. The average Bonchev–Trinajstić information content (AvgIpc) is 2.88. The van der Waals surface area contributed by atoms with Gasteiger partial charge in [0.15, 0.2) is 0 Å². The van der Waals surface area contributed by atoms with Crippen LogP contribution in [0.4, 0.5) is 5.69 Å². The minimum absolute atomic E-state index is 0. The van der Waals surface area contributed by atoms with Crippen molar-refractivity contribution in [2.24, 2.45) is 5.73 Å². The Morgan fingerprint density at radius 3 is 1.81 bits per heavy atom. The summed E-state index contributed by atoms with van der Waals surface area (Å²) in [6.45, 7) is 7.64. The number of halogens is 1. The van der Waals surface area contributed by atoms with Crippen LogP contribution < -0.4 is 10.0 Å². The van der Waals surface area contributed by atoms with Crippen LogP contribution in [0.1, 0.15) is 45.5 Å². The maximum atomic E-state index is 14.5. The number of hydrogen-bond donors (Lipinski definition) is 1. The Bertz CT molecular complexity index is 1460. The molecule has 2 atom stereocenters. The zero-order valence-electron chi connectivity index (χ0n) is 21.3. The molecule has 0 aliphatic carbocycles. The van der Waals surface area contributed by atoms with E-state index < -0.39 is 22.1 Å². The van der Waals surface area contributed by atoms with Crippen LogP contribution in [0, 0.1) is 27.7 Å². The van der Waals surface area contributed by atoms with E-state index in [4.69, 9.17) is 17.3 Å². The van der Waals surface area contributed by atoms with Gasteiger partial charge in [0, 0.05) is 5.02 Å². The Hall–Kier alpha value is -2.50. The molecule has 4 rings (SSSR count). The first-order chi connectivity index (χ1) is 17.1. The number of rotatable bonds is 7. The topological polar surface area (TPSA) is 63.4 Å². The van der Waals surface area contributed by atoms with E-state index in [1.807, 2.05) is 107 Å². The van der Waals surface area contributed by atoms with Crippen molar-refractivity contribution in [3.05, 3.63) is 129 Å². The number of nitrogens with zero attached hydrogens (tertiary/aromatic N) is 1. The van der Waals surface area contributed by atoms with Gasteiger partial charge in [-0.25, -0.2) is 8.42 Å². The molecule has 4 aromatic rings. The van der Waals surface area contributed by atoms with Crippen molar-refractivity contribution >= 4 is 27.3 Å². The fourth-order valence-electron chi connectivity index (χ4n) is 4.72. The molecule has 7 heteroatoms. The van der Waals surface area contributed by atoms with E-state index in [0.717, 1.165) is 27.8 Å². The molecule has 0 radical (unpaired) electrons. The third-order valence-corrected chi connectivity index (χ3v) is 8.93. The molecule has 2 N–H and O–H groups in total. The molecule has 0 fully saturated rings. The molecular weight excluding hydrogens is 589 g/mol. The zero-order chi connectivity index (χ0) is 26.0. The van der Waals surface area contributed by atoms with Gasteiger partial charge in [-0.3, -0.25) is 4.31 Å². The van der Waals surface area contributed by atoms with E-state index in [1.54, 1.807) is 12.1 Å². The fraction of sp³-hybridized carbons (Fsp3) is 0.200. The Morgan fingerprint density at radius 1 is 0.757 bits per heavy atom. The number of nitrogens with two attached hydrogens (primary N) is 1. The Morgan fingerprint density at radius 2 is 1.27 bits per heavy atom. The predicted molar refractivity (Wildman–Crippen MR) is 149 cm³/mol. The van der Waals surface area contributed by atoms with E-state index >= 15 is 0 Å². The third-order valence-electron chi connectivity index (χ3n) is 6.55. The molecule has 0 aromatic heterocycles. The van der Waals surface area contributed by atoms with Gasteiger partial charge in [0.05, 0.1) is 22.7 Å². The smallest absolute Gasteiger partial charge is 0.322 e. The van der Waals surface area contributed by atoms with Crippen LogP contribution in [-0.2, 0) is 29.5 Å². The van der Waals surface area contributed by atoms with Gasteiger partial charge in [-0.1, -0.05) is 96.0 Å². The fourth-order valence-corrected chi connectivity index (χ4v) is 6.64. The Kier molecular flexibility index (Phi) is 9.36. The summed E-state index contributed by atoms with van der Waals surface area (Å²) >= 11 is 6.71. The molecule has 4 nitrogen and oxygen atoms in total. The van der Waals surface area contributed by atoms with Gasteiger partial charge in [0.1, 0.15) is 0 Å². The van der Waals surface area contributed by atoms with Crippen LogP contribution in [0.3, 0.4) is 0 Å². The largest absolute Gasteiger partial charge is 2.00 e. The first-order valence-corrected chi connectivity index (χ1v) is 13.7. The first-order valence-electron chi connectivity index (χ1n) is 11.9. The molecule has 37 heavy (non-hydrogen) atoms. The molecule has 4 aromatic carbocycles. The number of aryl methyl sites for hydroxylation is 3. The van der Waals surface area contributed by atoms with E-state index in [0.29, 0.717) is 16.3 Å². The van der Waals surface area contributed by atoms with Gasteiger partial charge >= 0.3 is 19.5 Å². The average molecular weight is 620 g/mol. The molecular formula is C30H31ClN2O2RuS+2. The van der Waals surface area contributed by atoms with Crippen LogP contribution in [0.15, 0.2) is 95.9 Å². The molecule has 0 bridgehead atoms. The zero-order valence-corrected chi connectivity index (χ0v) is 24.6. The molecule has 0 amide bonds. The SMILES string of the molecule is Cc1ccc(S(=O)(=O)N(c2c(C)cc(C)c(Cl)c2C)[C@H](c2ccccc2)[C@H](N)c2ccccc2)cc1.[Ru+2]. The van der Waals surface area contributed by atoms with Crippen molar-refractivity contribution in [3.63, 3.8) is 0 Å². The van der Waals surface area contributed by atoms with E-state index in [2.05, 4.69) is 0 Å². The summed E-state index contributed by atoms with van der Waals surface area (Å²) < 4.78 is 30.5. The van der Waals surface area contributed by atoms with Crippen molar-refractivity contribution in [2.45, 2.75) is 44.7 Å². The van der Waals surface area contributed by atoms with Gasteiger partial charge in [0.2, 0.25) is 0 Å². The molecule has 192 valence electrons. The van der Waals surface area contributed by atoms with Crippen LogP contribution in [0.25, 0.3) is 0 Å². The van der Waals surface area contributed by atoms with Crippen molar-refractivity contribution < 1.29 is 27.9 Å². The minimum atomic E-state index is -4.05. The quantitative estimate of drug-likeness (QED) is 0.222. The van der Waals surface area contributed by atoms with Crippen LogP contribution in [-0.4, -0.2) is 8.42 Å². The molecule has 0 spiro atoms. The van der Waals surface area contributed by atoms with Gasteiger partial charge in [0.25, 0.3) is 10.0 Å². The molecule has 0 aliphatic rings. The maximum Gasteiger partial charge on any atom is 2.00 e. The van der Waals surface area contributed by atoms with Crippen molar-refractivity contribution in [2.75, 3.05) is 4.31 Å². The van der Waals surface area contributed by atoms with E-state index in [-0.39, 0.29) is 24.4 Å². The summed E-state index contributed by atoms with van der Waals surface area (Å²) in [5, 5.41) is 0.541. The molecule has 0 aliphatic heterocycles. The molecule has 0 heterocycles. The van der Waals surface area contributed by atoms with Gasteiger partial charge in [-0.15, -0.1) is 0 Å². The standard InChI is InChI=1S/C30H31ClN2O2S.Ru/c1-20-15-17-26(18-16-20)36(34,35)33(29-22(3)19-21(2)27(31)23(29)4)30(25-13-9-6-10-14-25)28(32)24-11-7-5-8-12-24;/h5-19,28,30H,32H2,1-4H3;/q;+2/t28-,30-;/m1./s1. The molecule has 0 unspecified atom stereocenters. The first kappa shape index (κ1) is 29.1. The van der Waals surface area contributed by atoms with Crippen LogP contribution >= 0.6 is 11.6 Å². The van der Waals surface area contributed by atoms with Crippen LogP contribution in [0.2, 0.25) is 5.02 Å². The van der Waals surface area contributed by atoms with Crippen molar-refractivity contribution in [3.8, 4) is 0 Å². The van der Waals surface area contributed by atoms with Crippen LogP contribution in [0.5, 0.6) is 0 Å². The Balaban J connectivity index is 0.00000380. The third kappa shape index (κ3) is 5.83. The van der Waals surface area contributed by atoms with Crippen molar-refractivity contribution in [1.29, 1.82) is 0 Å².